The van der Waals surface area contributed by atoms with E-state index in [0.717, 1.165) is 0 Å². The van der Waals surface area contributed by atoms with Gasteiger partial charge in [-0.2, -0.15) is 0 Å². The summed E-state index contributed by atoms with van der Waals surface area (Å²) in [5.41, 5.74) is 0.624. The molecule has 0 fully saturated rings. The predicted octanol–water partition coefficient (Wildman–Crippen LogP) is 3.69. The lowest BCUT2D eigenvalue weighted by atomic mass is 9.98. The summed E-state index contributed by atoms with van der Waals surface area (Å²) in [5, 5.41) is 8.67. The first-order valence-corrected chi connectivity index (χ1v) is 8.89. The SMILES string of the molecule is Cc1ccc(-c2noc(C)c2-c2cc(F)c(S(N)(=O)=O)cc2F)cc1F. The van der Waals surface area contributed by atoms with E-state index in [0.29, 0.717) is 23.3 Å². The Morgan fingerprint density at radius 1 is 1.00 bits per heavy atom. The molecule has 1 aromatic heterocycles. The first-order chi connectivity index (χ1) is 12.1. The molecule has 0 unspecified atom stereocenters. The van der Waals surface area contributed by atoms with E-state index in [1.165, 1.54) is 19.1 Å². The van der Waals surface area contributed by atoms with Gasteiger partial charge in [0.2, 0.25) is 10.0 Å². The first kappa shape index (κ1) is 18.2. The Kier molecular flexibility index (Phi) is 4.37. The van der Waals surface area contributed by atoms with Crippen LogP contribution in [0.2, 0.25) is 0 Å². The normalized spacial score (nSPS) is 11.8. The number of nitrogens with zero attached hydrogens (tertiary/aromatic N) is 1. The van der Waals surface area contributed by atoms with Crippen LogP contribution in [0.4, 0.5) is 13.2 Å². The van der Waals surface area contributed by atoms with Gasteiger partial charge in [0.25, 0.3) is 0 Å². The molecule has 0 saturated carbocycles. The lowest BCUT2D eigenvalue weighted by Gasteiger charge is -2.08. The van der Waals surface area contributed by atoms with Gasteiger partial charge in [-0.05, 0) is 37.6 Å². The van der Waals surface area contributed by atoms with Crippen LogP contribution in [0.1, 0.15) is 11.3 Å². The van der Waals surface area contributed by atoms with E-state index in [2.05, 4.69) is 5.16 Å². The number of hydrogen-bond acceptors (Lipinski definition) is 4. The van der Waals surface area contributed by atoms with Gasteiger partial charge < -0.3 is 4.52 Å². The smallest absolute Gasteiger partial charge is 0.241 e. The van der Waals surface area contributed by atoms with Gasteiger partial charge in [0.05, 0.1) is 5.56 Å². The monoisotopic (exact) mass is 382 g/mol. The molecule has 3 rings (SSSR count). The van der Waals surface area contributed by atoms with E-state index in [1.54, 1.807) is 13.0 Å². The van der Waals surface area contributed by atoms with Crippen molar-refractivity contribution in [3.63, 3.8) is 0 Å². The second-order valence-electron chi connectivity index (χ2n) is 5.73. The van der Waals surface area contributed by atoms with Gasteiger partial charge in [-0.15, -0.1) is 0 Å². The van der Waals surface area contributed by atoms with Crippen LogP contribution < -0.4 is 5.14 Å². The Hall–Kier alpha value is -2.65. The van der Waals surface area contributed by atoms with Crippen LogP contribution in [0.15, 0.2) is 39.8 Å². The number of rotatable bonds is 3. The average molecular weight is 382 g/mol. The summed E-state index contributed by atoms with van der Waals surface area (Å²) >= 11 is 0. The summed E-state index contributed by atoms with van der Waals surface area (Å²) in [7, 11) is -4.43. The van der Waals surface area contributed by atoms with Crippen LogP contribution in [0, 0.1) is 31.3 Å². The molecule has 0 saturated heterocycles. The highest BCUT2D eigenvalue weighted by atomic mass is 32.2. The molecule has 0 atom stereocenters. The van der Waals surface area contributed by atoms with Crippen LogP contribution in [0.5, 0.6) is 0 Å². The molecule has 0 aliphatic heterocycles. The second-order valence-corrected chi connectivity index (χ2v) is 7.26. The van der Waals surface area contributed by atoms with Crippen molar-refractivity contribution in [1.82, 2.24) is 5.16 Å². The number of aromatic nitrogens is 1. The molecule has 0 bridgehead atoms. The fourth-order valence-corrected chi connectivity index (χ4v) is 3.16. The lowest BCUT2D eigenvalue weighted by molar-refractivity contribution is 0.400. The van der Waals surface area contributed by atoms with Gasteiger partial charge >= 0.3 is 0 Å². The van der Waals surface area contributed by atoms with Crippen molar-refractivity contribution < 1.29 is 26.1 Å². The largest absolute Gasteiger partial charge is 0.360 e. The number of benzene rings is 2. The van der Waals surface area contributed by atoms with Crippen molar-refractivity contribution in [3.05, 3.63) is 59.1 Å². The number of hydrogen-bond donors (Lipinski definition) is 1. The summed E-state index contributed by atoms with van der Waals surface area (Å²) in [6, 6.07) is 5.46. The zero-order valence-corrected chi connectivity index (χ0v) is 14.5. The van der Waals surface area contributed by atoms with Crippen LogP contribution in [-0.4, -0.2) is 13.6 Å². The second kappa shape index (κ2) is 6.26. The third-order valence-electron chi connectivity index (χ3n) is 3.91. The molecule has 0 aliphatic rings. The average Bonchev–Trinajstić information content (AvgIpc) is 2.92. The van der Waals surface area contributed by atoms with Crippen molar-refractivity contribution in [1.29, 1.82) is 0 Å². The molecule has 2 N–H and O–H groups in total. The van der Waals surface area contributed by atoms with E-state index in [4.69, 9.17) is 9.66 Å². The highest BCUT2D eigenvalue weighted by molar-refractivity contribution is 7.89. The minimum Gasteiger partial charge on any atom is -0.360 e. The van der Waals surface area contributed by atoms with Crippen molar-refractivity contribution in [2.75, 3.05) is 0 Å². The molecule has 5 nitrogen and oxygen atoms in total. The third-order valence-corrected chi connectivity index (χ3v) is 4.83. The molecule has 0 spiro atoms. The van der Waals surface area contributed by atoms with Crippen LogP contribution >= 0.6 is 0 Å². The van der Waals surface area contributed by atoms with Gasteiger partial charge in [0.1, 0.15) is 33.8 Å². The summed E-state index contributed by atoms with van der Waals surface area (Å²) in [6.45, 7) is 3.05. The molecule has 26 heavy (non-hydrogen) atoms. The molecule has 136 valence electrons. The van der Waals surface area contributed by atoms with Gasteiger partial charge in [-0.3, -0.25) is 0 Å². The van der Waals surface area contributed by atoms with Crippen molar-refractivity contribution in [2.24, 2.45) is 5.14 Å². The molecule has 0 radical (unpaired) electrons. The van der Waals surface area contributed by atoms with Crippen LogP contribution in [0.3, 0.4) is 0 Å². The number of halogens is 3. The molecule has 3 aromatic rings. The first-order valence-electron chi connectivity index (χ1n) is 7.34. The van der Waals surface area contributed by atoms with Gasteiger partial charge in [0.15, 0.2) is 0 Å². The maximum Gasteiger partial charge on any atom is 0.241 e. The Labute approximate surface area is 147 Å². The maximum absolute atomic E-state index is 14.5. The molecular weight excluding hydrogens is 369 g/mol. The minimum absolute atomic E-state index is 0.0885. The molecule has 0 aliphatic carbocycles. The third kappa shape index (κ3) is 3.11. The Balaban J connectivity index is 2.24. The zero-order valence-electron chi connectivity index (χ0n) is 13.7. The summed E-state index contributed by atoms with van der Waals surface area (Å²) < 4.78 is 70.3. The lowest BCUT2D eigenvalue weighted by Crippen LogP contribution is -2.14. The van der Waals surface area contributed by atoms with Crippen molar-refractivity contribution in [3.8, 4) is 22.4 Å². The minimum atomic E-state index is -4.43. The Morgan fingerprint density at radius 3 is 2.31 bits per heavy atom. The van der Waals surface area contributed by atoms with Gasteiger partial charge in [0, 0.05) is 11.1 Å². The van der Waals surface area contributed by atoms with Crippen LogP contribution in [0.25, 0.3) is 22.4 Å². The van der Waals surface area contributed by atoms with Crippen molar-refractivity contribution >= 4 is 10.0 Å². The fourth-order valence-electron chi connectivity index (χ4n) is 2.56. The Bertz CT molecular complexity index is 1120. The number of sulfonamides is 1. The number of primary sulfonamides is 1. The molecule has 2 aromatic carbocycles. The Morgan fingerprint density at radius 2 is 1.69 bits per heavy atom. The topological polar surface area (TPSA) is 86.2 Å². The number of nitrogens with two attached hydrogens (primary N) is 1. The highest BCUT2D eigenvalue weighted by Gasteiger charge is 2.24. The van der Waals surface area contributed by atoms with Crippen molar-refractivity contribution in [2.45, 2.75) is 18.7 Å². The van der Waals surface area contributed by atoms with E-state index in [1.807, 2.05) is 0 Å². The molecule has 9 heteroatoms. The standard InChI is InChI=1S/C17H13F3N2O3S/c1-8-3-4-10(5-12(8)18)17-16(9(2)25-22-17)11-6-14(20)15(7-13(11)19)26(21,23)24/h3-7H,1-2H3,(H2,21,23,24). The van der Waals surface area contributed by atoms with E-state index < -0.39 is 32.4 Å². The summed E-state index contributed by atoms with van der Waals surface area (Å²) in [6.07, 6.45) is 0. The quantitative estimate of drug-likeness (QED) is 0.749. The maximum atomic E-state index is 14.5. The van der Waals surface area contributed by atoms with Gasteiger partial charge in [-0.1, -0.05) is 17.3 Å². The molecule has 0 amide bonds. The predicted molar refractivity (Wildman–Crippen MR) is 88.1 cm³/mol. The summed E-state index contributed by atoms with van der Waals surface area (Å²) in [4.78, 5) is -0.962. The highest BCUT2D eigenvalue weighted by Crippen LogP contribution is 2.37. The molecule has 1 heterocycles. The van der Waals surface area contributed by atoms with Gasteiger partial charge in [-0.25, -0.2) is 26.7 Å². The van der Waals surface area contributed by atoms with E-state index in [-0.39, 0.29) is 22.6 Å². The fraction of sp³-hybridized carbons (Fsp3) is 0.118. The zero-order chi connectivity index (χ0) is 19.2. The molecular formula is C17H13F3N2O3S. The number of aryl methyl sites for hydroxylation is 2. The van der Waals surface area contributed by atoms with Crippen LogP contribution in [-0.2, 0) is 10.0 Å². The van der Waals surface area contributed by atoms with E-state index in [9.17, 15) is 21.6 Å². The summed E-state index contributed by atoms with van der Waals surface area (Å²) in [5.74, 6) is -2.59. The van der Waals surface area contributed by atoms with E-state index >= 15 is 0 Å².